The average Bonchev–Trinajstić information content (AvgIpc) is 1.51. The van der Waals surface area contributed by atoms with Crippen molar-refractivity contribution in [1.29, 1.82) is 0 Å². The molecule has 0 bridgehead atoms. The SMILES string of the molecule is CC1CCC2C(C1)C1C(C3CCCCC3C1[Si](C)(C)C1B(N(C)C)CCC3CCCCC31)N2C.CC1CCC2C(C1)C1C3CCCCC3C([Si](C)(C)C3C4CCCCC4C4C5CC(C)CCC5N(C)C43)C1N2C.CC1CCC2C(C1)C1C3CCCCC3C([Si](c3ccccc3)(c3ccccc3)C3C4CCCCC4C4C5CC(C)CCC5N(C)C43)C1N2C.[CH3-].[CH3-].[CH3-].[CH3-].[CH3-].[CH3-].[CH3-].[CH3-].[Cl][Ti][Cl].[Cl][Zr+2][Cl].[Hf+4]. The maximum absolute atomic E-state index is 4.93. The Kier molecular flexibility index (Phi) is 43.5. The normalized spacial score (nSPS) is 45.9. The van der Waals surface area contributed by atoms with E-state index in [0.29, 0.717) is 0 Å². The van der Waals surface area contributed by atoms with Gasteiger partial charge in [0.2, 0.25) is 6.85 Å². The van der Waals surface area contributed by atoms with E-state index in [4.69, 9.17) is 35.6 Å². The first-order valence-electron chi connectivity index (χ1n) is 56.2. The molecule has 22 fully saturated rings. The summed E-state index contributed by atoms with van der Waals surface area (Å²) >= 11 is -1.38. The van der Waals surface area contributed by atoms with Crippen molar-refractivity contribution in [3.05, 3.63) is 120 Å². The molecular weight excluding hydrogens is 2080 g/mol. The molecule has 2 aromatic carbocycles. The smallest absolute Gasteiger partial charge is 4.00 e. The quantitative estimate of drug-likeness (QED) is 0.183. The third kappa shape index (κ3) is 20.5. The monoisotopic (exact) mass is 2290 g/mol. The van der Waals surface area contributed by atoms with Gasteiger partial charge in [-0.15, -0.1) is 0 Å². The summed E-state index contributed by atoms with van der Waals surface area (Å²) in [6, 6.07) is 34.2. The molecule has 0 amide bonds. The third-order valence-electron chi connectivity index (χ3n) is 47.3. The Morgan fingerprint density at radius 3 is 0.861 bits per heavy atom. The Morgan fingerprint density at radius 2 is 0.555 bits per heavy atom. The van der Waals surface area contributed by atoms with Crippen LogP contribution in [-0.2, 0) is 63.7 Å². The molecule has 6 nitrogen and oxygen atoms in total. The fraction of sp³-hybridized carbons (Fsp3) is 0.833. The zero-order valence-electron chi connectivity index (χ0n) is 92.4. The summed E-state index contributed by atoms with van der Waals surface area (Å²) in [5.41, 5.74) is 5.94. The van der Waals surface area contributed by atoms with E-state index < -0.39 is 62.1 Å². The molecule has 43 unspecified atom stereocenters. The zero-order valence-corrected chi connectivity index (χ0v) is 106. The van der Waals surface area contributed by atoms with Gasteiger partial charge in [-0.1, -0.05) is 267 Å². The predicted molar refractivity (Wildman–Crippen MR) is 598 cm³/mol. The molecule has 6 saturated heterocycles. The van der Waals surface area contributed by atoms with E-state index in [0.717, 1.165) is 260 Å². The van der Waals surface area contributed by atoms with Crippen LogP contribution in [0.1, 0.15) is 291 Å². The van der Waals surface area contributed by atoms with Gasteiger partial charge in [-0.25, -0.2) is 0 Å². The van der Waals surface area contributed by atoms with Crippen LogP contribution in [0.25, 0.3) is 0 Å². The second kappa shape index (κ2) is 49.7. The molecule has 17 heteroatoms. The minimum Gasteiger partial charge on any atom is 4.00 e. The van der Waals surface area contributed by atoms with Gasteiger partial charge in [0, 0.05) is 68.5 Å². The van der Waals surface area contributed by atoms with Crippen LogP contribution in [-0.4, -0.2) is 170 Å². The van der Waals surface area contributed by atoms with Crippen molar-refractivity contribution in [3.8, 4) is 0 Å². The first kappa shape index (κ1) is 120. The van der Waals surface area contributed by atoms with Gasteiger partial charge >= 0.3 is 99.4 Å². The van der Waals surface area contributed by atoms with E-state index >= 15 is 0 Å². The first-order chi connectivity index (χ1) is 61.9. The van der Waals surface area contributed by atoms with Gasteiger partial charge in [0.1, 0.15) is 8.07 Å². The summed E-state index contributed by atoms with van der Waals surface area (Å²) in [5.74, 6) is 26.9. The number of fused-ring (bicyclic) bond motifs is 26. The van der Waals surface area contributed by atoms with Gasteiger partial charge in [0.15, 0.2) is 0 Å². The van der Waals surface area contributed by atoms with Crippen molar-refractivity contribution >= 4 is 77.1 Å². The summed E-state index contributed by atoms with van der Waals surface area (Å²) in [6.07, 6.45) is 62.3. The molecule has 137 heavy (non-hydrogen) atoms. The molecule has 0 aromatic heterocycles. The molecule has 16 aliphatic carbocycles. The summed E-state index contributed by atoms with van der Waals surface area (Å²) in [6.45, 7) is 25.8. The molecule has 6 heterocycles. The summed E-state index contributed by atoms with van der Waals surface area (Å²) in [4.78, 5) is 18.2. The molecular formula is C120H207BCl4HfN6Si3TiZr-2. The van der Waals surface area contributed by atoms with Crippen LogP contribution in [0.2, 0.25) is 65.7 Å². The third-order valence-corrected chi connectivity index (χ3v) is 63.6. The molecule has 0 spiro atoms. The Hall–Kier alpha value is 2.54. The van der Waals surface area contributed by atoms with Crippen LogP contribution < -0.4 is 10.4 Å². The van der Waals surface area contributed by atoms with Crippen LogP contribution in [0.15, 0.2) is 60.7 Å². The summed E-state index contributed by atoms with van der Waals surface area (Å²) < 4.78 is 0. The number of halogens is 4. The molecule has 16 saturated carbocycles. The topological polar surface area (TPSA) is 19.4 Å². The fourth-order valence-corrected chi connectivity index (χ4v) is 64.8. The van der Waals surface area contributed by atoms with Crippen LogP contribution in [0, 0.1) is 219 Å². The van der Waals surface area contributed by atoms with Gasteiger partial charge in [-0.3, -0.25) is 24.5 Å². The maximum Gasteiger partial charge on any atom is 4.00 e. The fourth-order valence-electron chi connectivity index (χ4n) is 44.3. The van der Waals surface area contributed by atoms with Crippen LogP contribution in [0.3, 0.4) is 0 Å². The van der Waals surface area contributed by atoms with Crippen molar-refractivity contribution in [2.24, 2.45) is 160 Å². The Balaban J connectivity index is 0.000000188. The predicted octanol–water partition coefficient (Wildman–Crippen LogP) is 31.3. The van der Waals surface area contributed by atoms with E-state index in [1.165, 1.54) is 167 Å². The average molecular weight is 2290 g/mol. The number of nitrogens with zero attached hydrogens (tertiary/aromatic N) is 6. The summed E-state index contributed by atoms with van der Waals surface area (Å²) in [7, 11) is 32.3. The van der Waals surface area contributed by atoms with Crippen molar-refractivity contribution < 1.29 is 63.7 Å². The summed E-state index contributed by atoms with van der Waals surface area (Å²) in [5, 5.41) is 3.67. The van der Waals surface area contributed by atoms with Crippen molar-refractivity contribution in [2.75, 3.05) is 49.3 Å². The minimum atomic E-state index is -2.40. The van der Waals surface area contributed by atoms with Crippen LogP contribution in [0.4, 0.5) is 0 Å². The van der Waals surface area contributed by atoms with Crippen molar-refractivity contribution in [2.45, 2.75) is 418 Å². The van der Waals surface area contributed by atoms with Gasteiger partial charge in [-0.2, -0.15) is 0 Å². The molecule has 24 rings (SSSR count). The first-order valence-corrected chi connectivity index (χ1v) is 75.3. The van der Waals surface area contributed by atoms with Gasteiger partial charge in [0.25, 0.3) is 0 Å². The Labute approximate surface area is 907 Å². The van der Waals surface area contributed by atoms with Gasteiger partial charge in [-0.05, 0) is 371 Å². The second-order valence-corrected chi connectivity index (χ2v) is 73.3. The number of hydrogen-bond acceptors (Lipinski definition) is 6. The molecule has 0 N–H and O–H groups in total. The molecule has 2 aromatic rings. The second-order valence-electron chi connectivity index (χ2n) is 52.8. The Bertz CT molecular complexity index is 3820. The van der Waals surface area contributed by atoms with E-state index in [2.05, 4.69) is 200 Å². The molecule has 0 radical (unpaired) electrons. The number of benzene rings is 2. The Morgan fingerprint density at radius 1 is 0.307 bits per heavy atom. The standard InChI is InChI=1S/C46H66N2Si.C36H62N2Si.C30H55BN2Si.8CH3.4ClH.Hf.Ti.Zr/c1-29-23-25-39-37(27-29)41-33-19-11-13-21-35(33)45(43(41)47(39)3)49(31-15-7-5-8-16-31,32-17-9-6-10-18-32)46-36-22-14-12-20-34(36)42-38-28-30(2)24-26-40(38)48(4)44(42)46;1-21-15-17-29-27(19-21)31-23-11-7-9-13-25(23)35(33(31)37(29)3)39(5,6)36-26-14-10-8-12-24(26)32-28-20-22(2)16-18-30(28)38(4)34(32)36;1-20-15-16-26-25(19-20)27-28(33(26)4)23-13-9-10-14-24(23)29(27)34(5,6)30-22-12-8-7-11-21(22)17-18-31(30)32(2)3;;;;;;;;;;;;;;;/h5-10,15-18,29-30,33-46H,11-14,19-28H2,1-4H3;21-36H,7-20H2,1-6H3;20-30H,7-19H2,1-6H3;8*1H3;4*1H;;;/q;;;8*-1;;;;;+4;+2;+4/p-4. The number of rotatable bonds is 9. The maximum atomic E-state index is 4.93. The van der Waals surface area contributed by atoms with E-state index in [9.17, 15) is 0 Å². The molecule has 774 valence electrons. The van der Waals surface area contributed by atoms with Crippen molar-refractivity contribution in [3.63, 3.8) is 0 Å². The van der Waals surface area contributed by atoms with Gasteiger partial charge in [0.05, 0.1) is 8.07 Å². The molecule has 22 aliphatic rings. The van der Waals surface area contributed by atoms with E-state index in [1.54, 1.807) is 96.3 Å². The van der Waals surface area contributed by atoms with Crippen molar-refractivity contribution in [1.82, 2.24) is 29.3 Å². The van der Waals surface area contributed by atoms with E-state index in [1.807, 2.05) is 10.4 Å². The van der Waals surface area contributed by atoms with Gasteiger partial charge < -0.3 is 64.2 Å². The number of hydrogen-bond donors (Lipinski definition) is 0. The van der Waals surface area contributed by atoms with Crippen LogP contribution in [0.5, 0.6) is 0 Å². The minimum absolute atomic E-state index is 0. The zero-order chi connectivity index (χ0) is 89.0. The molecule has 6 aliphatic heterocycles. The van der Waals surface area contributed by atoms with E-state index in [-0.39, 0.29) is 85.3 Å². The molecule has 43 atom stereocenters. The number of likely N-dealkylation sites (tertiary alicyclic amines) is 5. The van der Waals surface area contributed by atoms with Crippen LogP contribution >= 0.6 is 35.6 Å². The largest absolute Gasteiger partial charge is 4.00 e.